The highest BCUT2D eigenvalue weighted by Gasteiger charge is 2.24. The van der Waals surface area contributed by atoms with Crippen molar-refractivity contribution in [3.8, 4) is 0 Å². The zero-order valence-corrected chi connectivity index (χ0v) is 10.5. The lowest BCUT2D eigenvalue weighted by molar-refractivity contribution is 0.585. The van der Waals surface area contributed by atoms with E-state index in [-0.39, 0.29) is 5.88 Å². The van der Waals surface area contributed by atoms with Gasteiger partial charge in [-0.15, -0.1) is 0 Å². The van der Waals surface area contributed by atoms with E-state index in [0.717, 1.165) is 24.0 Å². The number of hydrogen-bond donors (Lipinski definition) is 1. The van der Waals surface area contributed by atoms with Crippen molar-refractivity contribution in [2.45, 2.75) is 37.6 Å². The molecule has 0 amide bonds. The van der Waals surface area contributed by atoms with Gasteiger partial charge < -0.3 is 5.32 Å². The number of rotatable bonds is 4. The van der Waals surface area contributed by atoms with Crippen LogP contribution in [0.2, 0.25) is 0 Å². The second kappa shape index (κ2) is 4.18. The van der Waals surface area contributed by atoms with Crippen LogP contribution in [0.5, 0.6) is 0 Å². The van der Waals surface area contributed by atoms with Crippen LogP contribution in [0.4, 0.5) is 0 Å². The molecule has 1 saturated carbocycles. The van der Waals surface area contributed by atoms with E-state index in [1.807, 2.05) is 26.0 Å². The average molecular weight is 239 g/mol. The molecule has 0 heterocycles. The quantitative estimate of drug-likeness (QED) is 0.871. The summed E-state index contributed by atoms with van der Waals surface area (Å²) in [5.41, 5.74) is 1.80. The summed E-state index contributed by atoms with van der Waals surface area (Å²) in [4.78, 5) is 0.459. The minimum absolute atomic E-state index is 0.0575. The average Bonchev–Trinajstić information content (AvgIpc) is 3.02. The van der Waals surface area contributed by atoms with E-state index in [0.29, 0.717) is 10.9 Å². The van der Waals surface area contributed by atoms with E-state index in [9.17, 15) is 8.42 Å². The summed E-state index contributed by atoms with van der Waals surface area (Å²) in [6.07, 6.45) is 2.20. The molecule has 1 aliphatic rings. The predicted octanol–water partition coefficient (Wildman–Crippen LogP) is 1.79. The highest BCUT2D eigenvalue weighted by Crippen LogP contribution is 2.21. The van der Waals surface area contributed by atoms with Gasteiger partial charge in [0.1, 0.15) is 5.88 Å². The van der Waals surface area contributed by atoms with Crippen LogP contribution in [0, 0.1) is 13.8 Å². The Labute approximate surface area is 96.8 Å². The molecule has 1 N–H and O–H groups in total. The van der Waals surface area contributed by atoms with Crippen molar-refractivity contribution in [1.29, 1.82) is 0 Å². The number of sulfone groups is 1. The molecule has 0 atom stereocenters. The van der Waals surface area contributed by atoms with E-state index in [1.54, 1.807) is 6.07 Å². The van der Waals surface area contributed by atoms with Gasteiger partial charge in [-0.25, -0.2) is 8.42 Å². The van der Waals surface area contributed by atoms with Gasteiger partial charge in [0.2, 0.25) is 0 Å². The fourth-order valence-electron chi connectivity index (χ4n) is 1.64. The van der Waals surface area contributed by atoms with Gasteiger partial charge in [-0.3, -0.25) is 0 Å². The number of nitrogens with one attached hydrogen (secondary N) is 1. The first-order valence-corrected chi connectivity index (χ1v) is 7.18. The van der Waals surface area contributed by atoms with Gasteiger partial charge in [0, 0.05) is 6.04 Å². The van der Waals surface area contributed by atoms with Crippen LogP contribution < -0.4 is 5.32 Å². The Morgan fingerprint density at radius 1 is 1.31 bits per heavy atom. The normalized spacial score (nSPS) is 16.4. The van der Waals surface area contributed by atoms with E-state index in [4.69, 9.17) is 0 Å². The van der Waals surface area contributed by atoms with Gasteiger partial charge in [0.15, 0.2) is 9.84 Å². The summed E-state index contributed by atoms with van der Waals surface area (Å²) >= 11 is 0. The highest BCUT2D eigenvalue weighted by molar-refractivity contribution is 7.91. The summed E-state index contributed by atoms with van der Waals surface area (Å²) in [5.74, 6) is 0.0575. The second-order valence-electron chi connectivity index (χ2n) is 4.51. The lowest BCUT2D eigenvalue weighted by Crippen LogP contribution is -2.25. The molecule has 4 heteroatoms. The lowest BCUT2D eigenvalue weighted by Gasteiger charge is -2.09. The summed E-state index contributed by atoms with van der Waals surface area (Å²) in [6.45, 7) is 3.75. The van der Waals surface area contributed by atoms with Crippen molar-refractivity contribution in [3.05, 3.63) is 29.3 Å². The Kier molecular flexibility index (Phi) is 3.04. The highest BCUT2D eigenvalue weighted by atomic mass is 32.2. The molecule has 88 valence electrons. The van der Waals surface area contributed by atoms with Crippen molar-refractivity contribution in [2.75, 3.05) is 5.88 Å². The molecule has 0 aromatic heterocycles. The molecular weight excluding hydrogens is 222 g/mol. The van der Waals surface area contributed by atoms with Crippen molar-refractivity contribution >= 4 is 9.84 Å². The lowest BCUT2D eigenvalue weighted by atomic mass is 10.2. The molecule has 1 aliphatic carbocycles. The second-order valence-corrected chi connectivity index (χ2v) is 6.46. The van der Waals surface area contributed by atoms with Crippen LogP contribution in [-0.2, 0) is 9.84 Å². The standard InChI is InChI=1S/C12H17NO2S/c1-9-3-4-10(2)12(7-9)16(14,15)8-13-11-5-6-11/h3-4,7,11,13H,5-6,8H2,1-2H3. The Bertz CT molecular complexity index is 490. The monoisotopic (exact) mass is 239 g/mol. The third kappa shape index (κ3) is 2.62. The molecule has 2 rings (SSSR count). The van der Waals surface area contributed by atoms with E-state index in [2.05, 4.69) is 5.32 Å². The molecule has 3 nitrogen and oxygen atoms in total. The Balaban J connectivity index is 2.22. The van der Waals surface area contributed by atoms with Gasteiger partial charge in [-0.2, -0.15) is 0 Å². The maximum Gasteiger partial charge on any atom is 0.191 e. The van der Waals surface area contributed by atoms with Crippen molar-refractivity contribution in [2.24, 2.45) is 0 Å². The molecular formula is C12H17NO2S. The number of hydrogen-bond acceptors (Lipinski definition) is 3. The molecule has 16 heavy (non-hydrogen) atoms. The zero-order valence-electron chi connectivity index (χ0n) is 9.66. The molecule has 1 aromatic rings. The third-order valence-corrected chi connectivity index (χ3v) is 4.47. The van der Waals surface area contributed by atoms with Gasteiger partial charge >= 0.3 is 0 Å². The van der Waals surface area contributed by atoms with E-state index in [1.165, 1.54) is 0 Å². The van der Waals surface area contributed by atoms with Crippen LogP contribution in [-0.4, -0.2) is 20.3 Å². The minimum atomic E-state index is -3.18. The van der Waals surface area contributed by atoms with Crippen LogP contribution in [0.25, 0.3) is 0 Å². The van der Waals surface area contributed by atoms with E-state index < -0.39 is 9.84 Å². The van der Waals surface area contributed by atoms with Gasteiger partial charge in [-0.1, -0.05) is 12.1 Å². The molecule has 0 spiro atoms. The van der Waals surface area contributed by atoms with Crippen LogP contribution in [0.1, 0.15) is 24.0 Å². The van der Waals surface area contributed by atoms with Gasteiger partial charge in [-0.05, 0) is 43.9 Å². The Morgan fingerprint density at radius 3 is 2.62 bits per heavy atom. The van der Waals surface area contributed by atoms with Gasteiger partial charge in [0.25, 0.3) is 0 Å². The van der Waals surface area contributed by atoms with E-state index >= 15 is 0 Å². The summed E-state index contributed by atoms with van der Waals surface area (Å²) in [7, 11) is -3.18. The van der Waals surface area contributed by atoms with Crippen LogP contribution >= 0.6 is 0 Å². The van der Waals surface area contributed by atoms with Crippen molar-refractivity contribution < 1.29 is 8.42 Å². The van der Waals surface area contributed by atoms with Crippen LogP contribution in [0.15, 0.2) is 23.1 Å². The molecule has 0 saturated heterocycles. The molecule has 0 aliphatic heterocycles. The molecule has 0 bridgehead atoms. The molecule has 1 aromatic carbocycles. The summed E-state index contributed by atoms with van der Waals surface area (Å²) in [5, 5.41) is 3.05. The zero-order chi connectivity index (χ0) is 11.8. The fraction of sp³-hybridized carbons (Fsp3) is 0.500. The molecule has 0 radical (unpaired) electrons. The summed E-state index contributed by atoms with van der Waals surface area (Å²) < 4.78 is 24.1. The maximum absolute atomic E-state index is 12.1. The van der Waals surface area contributed by atoms with Crippen LogP contribution in [0.3, 0.4) is 0 Å². The summed E-state index contributed by atoms with van der Waals surface area (Å²) in [6, 6.07) is 5.96. The predicted molar refractivity (Wildman–Crippen MR) is 64.1 cm³/mol. The molecule has 1 fully saturated rings. The first-order chi connectivity index (χ1) is 7.49. The van der Waals surface area contributed by atoms with Crippen molar-refractivity contribution in [1.82, 2.24) is 5.32 Å². The smallest absolute Gasteiger partial charge is 0.191 e. The number of aryl methyl sites for hydroxylation is 2. The first-order valence-electron chi connectivity index (χ1n) is 5.52. The Morgan fingerprint density at radius 2 is 2.00 bits per heavy atom. The fourth-order valence-corrected chi connectivity index (χ4v) is 3.17. The third-order valence-electron chi connectivity index (χ3n) is 2.82. The minimum Gasteiger partial charge on any atom is -0.301 e. The topological polar surface area (TPSA) is 46.2 Å². The Hall–Kier alpha value is -0.870. The first kappa shape index (κ1) is 11.6. The SMILES string of the molecule is Cc1ccc(C)c(S(=O)(=O)CNC2CC2)c1. The molecule has 0 unspecified atom stereocenters. The largest absolute Gasteiger partial charge is 0.301 e. The van der Waals surface area contributed by atoms with Crippen molar-refractivity contribution in [3.63, 3.8) is 0 Å². The van der Waals surface area contributed by atoms with Gasteiger partial charge in [0.05, 0.1) is 4.90 Å². The maximum atomic E-state index is 12.1. The number of benzene rings is 1.